The van der Waals surface area contributed by atoms with Crippen LogP contribution in [0.2, 0.25) is 0 Å². The molecule has 1 unspecified atom stereocenters. The summed E-state index contributed by atoms with van der Waals surface area (Å²) in [5.41, 5.74) is 2.51. The van der Waals surface area contributed by atoms with E-state index in [9.17, 15) is 0 Å². The molecule has 1 heterocycles. The molecule has 0 bridgehead atoms. The fraction of sp³-hybridized carbons (Fsp3) is 0.556. The zero-order chi connectivity index (χ0) is 11.3. The number of thioether (sulfide) groups is 1. The molecule has 0 aliphatic heterocycles. The van der Waals surface area contributed by atoms with Crippen LogP contribution in [0.15, 0.2) is 12.4 Å². The minimum Gasteiger partial charge on any atom is -0.356 e. The molecular weight excluding hydrogens is 210 g/mol. The van der Waals surface area contributed by atoms with E-state index in [0.29, 0.717) is 11.9 Å². The van der Waals surface area contributed by atoms with E-state index in [2.05, 4.69) is 33.5 Å². The molecule has 0 saturated carbocycles. The number of nitrogen functional groups attached to an aromatic ring is 1. The molecule has 3 N–H and O–H groups in total. The van der Waals surface area contributed by atoms with Gasteiger partial charge in [-0.3, -0.25) is 0 Å². The highest BCUT2D eigenvalue weighted by atomic mass is 32.2. The van der Waals surface area contributed by atoms with Gasteiger partial charge in [0.1, 0.15) is 18.0 Å². The van der Waals surface area contributed by atoms with Crippen LogP contribution in [-0.2, 0) is 0 Å². The van der Waals surface area contributed by atoms with E-state index in [1.807, 2.05) is 24.9 Å². The lowest BCUT2D eigenvalue weighted by Gasteiger charge is -2.25. The SMILES string of the molecule is CSCC(C)N(C)c1cc(NN)ncn1. The Bertz CT molecular complexity index is 306. The maximum absolute atomic E-state index is 5.29. The van der Waals surface area contributed by atoms with Crippen LogP contribution in [0.3, 0.4) is 0 Å². The van der Waals surface area contributed by atoms with Crippen LogP contribution in [0, 0.1) is 0 Å². The third-order valence-electron chi connectivity index (χ3n) is 2.23. The highest BCUT2D eigenvalue weighted by Gasteiger charge is 2.10. The second-order valence-electron chi connectivity index (χ2n) is 3.32. The Morgan fingerprint density at radius 3 is 2.93 bits per heavy atom. The van der Waals surface area contributed by atoms with Gasteiger partial charge in [-0.1, -0.05) is 0 Å². The maximum Gasteiger partial charge on any atom is 0.145 e. The summed E-state index contributed by atoms with van der Waals surface area (Å²) < 4.78 is 0. The second-order valence-corrected chi connectivity index (χ2v) is 4.23. The van der Waals surface area contributed by atoms with E-state index < -0.39 is 0 Å². The van der Waals surface area contributed by atoms with E-state index in [1.54, 1.807) is 0 Å². The fourth-order valence-electron chi connectivity index (χ4n) is 1.20. The molecule has 0 radical (unpaired) electrons. The predicted molar refractivity (Wildman–Crippen MR) is 66.1 cm³/mol. The van der Waals surface area contributed by atoms with Crippen LogP contribution < -0.4 is 16.2 Å². The summed E-state index contributed by atoms with van der Waals surface area (Å²) in [6, 6.07) is 2.26. The Morgan fingerprint density at radius 2 is 2.33 bits per heavy atom. The number of nitrogens with zero attached hydrogens (tertiary/aromatic N) is 3. The van der Waals surface area contributed by atoms with Gasteiger partial charge in [0.15, 0.2) is 0 Å². The average molecular weight is 227 g/mol. The van der Waals surface area contributed by atoms with Crippen molar-refractivity contribution in [2.45, 2.75) is 13.0 Å². The zero-order valence-corrected chi connectivity index (χ0v) is 10.1. The van der Waals surface area contributed by atoms with Crippen molar-refractivity contribution in [1.29, 1.82) is 0 Å². The summed E-state index contributed by atoms with van der Waals surface area (Å²) >= 11 is 1.82. The molecule has 0 aliphatic rings. The van der Waals surface area contributed by atoms with Crippen LogP contribution in [0.1, 0.15) is 6.92 Å². The Hall–Kier alpha value is -1.01. The molecule has 0 spiro atoms. The third kappa shape index (κ3) is 3.24. The molecule has 5 nitrogen and oxygen atoms in total. The smallest absolute Gasteiger partial charge is 0.145 e. The summed E-state index contributed by atoms with van der Waals surface area (Å²) in [4.78, 5) is 10.3. The molecule has 1 aromatic rings. The van der Waals surface area contributed by atoms with Crippen molar-refractivity contribution in [3.8, 4) is 0 Å². The Kier molecular flexibility index (Phi) is 4.64. The molecule has 1 rings (SSSR count). The molecule has 15 heavy (non-hydrogen) atoms. The van der Waals surface area contributed by atoms with Gasteiger partial charge >= 0.3 is 0 Å². The Labute approximate surface area is 94.4 Å². The monoisotopic (exact) mass is 227 g/mol. The average Bonchev–Trinajstić information content (AvgIpc) is 2.28. The minimum absolute atomic E-state index is 0.431. The molecule has 0 aliphatic carbocycles. The van der Waals surface area contributed by atoms with Crippen molar-refractivity contribution in [2.75, 3.05) is 29.4 Å². The Morgan fingerprint density at radius 1 is 1.60 bits per heavy atom. The van der Waals surface area contributed by atoms with Crippen LogP contribution in [0.5, 0.6) is 0 Å². The molecule has 0 aromatic carbocycles. The van der Waals surface area contributed by atoms with Crippen LogP contribution in [-0.4, -0.2) is 35.1 Å². The lowest BCUT2D eigenvalue weighted by Crippen LogP contribution is -2.31. The first-order valence-electron chi connectivity index (χ1n) is 4.69. The topological polar surface area (TPSA) is 67.1 Å². The van der Waals surface area contributed by atoms with Crippen LogP contribution in [0.4, 0.5) is 11.6 Å². The number of hydrogen-bond acceptors (Lipinski definition) is 6. The van der Waals surface area contributed by atoms with E-state index in [0.717, 1.165) is 11.6 Å². The molecule has 84 valence electrons. The van der Waals surface area contributed by atoms with Gasteiger partial charge in [0.05, 0.1) is 0 Å². The number of anilines is 2. The molecule has 6 heteroatoms. The first-order chi connectivity index (χ1) is 7.19. The quantitative estimate of drug-likeness (QED) is 0.576. The Balaban J connectivity index is 2.76. The molecule has 1 aromatic heterocycles. The van der Waals surface area contributed by atoms with Crippen molar-refractivity contribution in [3.05, 3.63) is 12.4 Å². The lowest BCUT2D eigenvalue weighted by atomic mass is 10.3. The molecule has 0 saturated heterocycles. The maximum atomic E-state index is 5.29. The fourth-order valence-corrected chi connectivity index (χ4v) is 1.90. The summed E-state index contributed by atoms with van der Waals surface area (Å²) in [5, 5.41) is 0. The van der Waals surface area contributed by atoms with Gasteiger partial charge in [0.25, 0.3) is 0 Å². The summed E-state index contributed by atoms with van der Waals surface area (Å²) in [7, 11) is 2.02. The van der Waals surface area contributed by atoms with Crippen LogP contribution >= 0.6 is 11.8 Å². The summed E-state index contributed by atoms with van der Waals surface area (Å²) in [6.07, 6.45) is 3.60. The highest BCUT2D eigenvalue weighted by Crippen LogP contribution is 2.15. The molecule has 0 fully saturated rings. The van der Waals surface area contributed by atoms with E-state index in [-0.39, 0.29) is 0 Å². The number of aromatic nitrogens is 2. The van der Waals surface area contributed by atoms with Crippen molar-refractivity contribution in [1.82, 2.24) is 9.97 Å². The van der Waals surface area contributed by atoms with Crippen LogP contribution in [0.25, 0.3) is 0 Å². The summed E-state index contributed by atoms with van der Waals surface area (Å²) in [5.74, 6) is 7.85. The predicted octanol–water partition coefficient (Wildman–Crippen LogP) is 0.950. The van der Waals surface area contributed by atoms with Gasteiger partial charge in [-0.05, 0) is 13.2 Å². The highest BCUT2D eigenvalue weighted by molar-refractivity contribution is 7.98. The first-order valence-corrected chi connectivity index (χ1v) is 6.09. The van der Waals surface area contributed by atoms with Gasteiger partial charge in [0, 0.05) is 24.9 Å². The standard InChI is InChI=1S/C9H17N5S/c1-7(5-15-3)14(2)9-4-8(13-10)11-6-12-9/h4,6-7H,5,10H2,1-3H3,(H,11,12,13). The normalized spacial score (nSPS) is 12.3. The third-order valence-corrected chi connectivity index (χ3v) is 3.05. The van der Waals surface area contributed by atoms with Gasteiger partial charge < -0.3 is 10.3 Å². The zero-order valence-electron chi connectivity index (χ0n) is 9.27. The summed E-state index contributed by atoms with van der Waals surface area (Å²) in [6.45, 7) is 2.16. The number of nitrogens with one attached hydrogen (secondary N) is 1. The minimum atomic E-state index is 0.431. The molecular formula is C9H17N5S. The number of hydrazine groups is 1. The van der Waals surface area contributed by atoms with E-state index in [1.165, 1.54) is 6.33 Å². The lowest BCUT2D eigenvalue weighted by molar-refractivity contribution is 0.752. The van der Waals surface area contributed by atoms with E-state index >= 15 is 0 Å². The molecule has 1 atom stereocenters. The van der Waals surface area contributed by atoms with Crippen molar-refractivity contribution >= 4 is 23.4 Å². The van der Waals surface area contributed by atoms with Gasteiger partial charge in [-0.25, -0.2) is 15.8 Å². The largest absolute Gasteiger partial charge is 0.356 e. The first kappa shape index (κ1) is 12.1. The van der Waals surface area contributed by atoms with Crippen molar-refractivity contribution < 1.29 is 0 Å². The number of hydrogen-bond donors (Lipinski definition) is 2. The van der Waals surface area contributed by atoms with Gasteiger partial charge in [-0.15, -0.1) is 0 Å². The number of rotatable bonds is 5. The van der Waals surface area contributed by atoms with Gasteiger partial charge in [-0.2, -0.15) is 11.8 Å². The number of nitrogens with two attached hydrogens (primary N) is 1. The van der Waals surface area contributed by atoms with Crippen molar-refractivity contribution in [3.63, 3.8) is 0 Å². The van der Waals surface area contributed by atoms with Crippen molar-refractivity contribution in [2.24, 2.45) is 5.84 Å². The van der Waals surface area contributed by atoms with Gasteiger partial charge in [0.2, 0.25) is 0 Å². The molecule has 0 amide bonds. The second kappa shape index (κ2) is 5.77. The van der Waals surface area contributed by atoms with E-state index in [4.69, 9.17) is 5.84 Å².